The van der Waals surface area contributed by atoms with Crippen LogP contribution in [0.25, 0.3) is 0 Å². The summed E-state index contributed by atoms with van der Waals surface area (Å²) in [4.78, 5) is 2.45. The lowest BCUT2D eigenvalue weighted by atomic mass is 10.0. The summed E-state index contributed by atoms with van der Waals surface area (Å²) in [6.07, 6.45) is 5.29. The van der Waals surface area contributed by atoms with Gasteiger partial charge in [0.05, 0.1) is 5.02 Å². The van der Waals surface area contributed by atoms with E-state index in [1.807, 2.05) is 6.07 Å². The second-order valence-corrected chi connectivity index (χ2v) is 6.59. The van der Waals surface area contributed by atoms with Gasteiger partial charge in [0.1, 0.15) is 0 Å². The van der Waals surface area contributed by atoms with Crippen molar-refractivity contribution in [1.29, 1.82) is 0 Å². The largest absolute Gasteiger partial charge is 0.370 e. The summed E-state index contributed by atoms with van der Waals surface area (Å²) in [6.45, 7) is 2.25. The zero-order valence-electron chi connectivity index (χ0n) is 10.3. The number of halogens is 2. The molecule has 2 aliphatic rings. The maximum absolute atomic E-state index is 6.17. The van der Waals surface area contributed by atoms with E-state index in [1.165, 1.54) is 31.4 Å². The lowest BCUT2D eigenvalue weighted by Crippen LogP contribution is -2.46. The molecule has 1 saturated heterocycles. The molecule has 0 amide bonds. The lowest BCUT2D eigenvalue weighted by molar-refractivity contribution is 0.420. The summed E-state index contributed by atoms with van der Waals surface area (Å²) in [5.74, 6) is 0. The molecule has 1 aromatic carbocycles. The van der Waals surface area contributed by atoms with Crippen LogP contribution in [-0.2, 0) is 0 Å². The Labute approximate surface area is 122 Å². The molecule has 1 saturated carbocycles. The monoisotopic (exact) mass is 328 g/mol. The predicted molar refractivity (Wildman–Crippen MR) is 80.5 cm³/mol. The number of hydrogen-bond donors (Lipinski definition) is 1. The molecule has 1 aliphatic carbocycles. The summed E-state index contributed by atoms with van der Waals surface area (Å²) >= 11 is 9.62. The number of hydrogen-bond acceptors (Lipinski definition) is 2. The molecule has 1 unspecified atom stereocenters. The molecule has 0 bridgehead atoms. The first-order valence-corrected chi connectivity index (χ1v) is 7.85. The highest BCUT2D eigenvalue weighted by molar-refractivity contribution is 9.10. The van der Waals surface area contributed by atoms with Crippen LogP contribution in [0.3, 0.4) is 0 Å². The van der Waals surface area contributed by atoms with Gasteiger partial charge in [-0.3, -0.25) is 0 Å². The third-order valence-electron chi connectivity index (χ3n) is 3.74. The number of anilines is 1. The molecule has 1 aliphatic heterocycles. The van der Waals surface area contributed by atoms with Crippen molar-refractivity contribution in [3.8, 4) is 0 Å². The van der Waals surface area contributed by atoms with E-state index in [4.69, 9.17) is 11.6 Å². The van der Waals surface area contributed by atoms with Crippen molar-refractivity contribution < 1.29 is 0 Å². The molecule has 0 spiro atoms. The highest BCUT2D eigenvalue weighted by Crippen LogP contribution is 2.29. The molecule has 1 aromatic rings. The van der Waals surface area contributed by atoms with Gasteiger partial charge < -0.3 is 10.2 Å². The predicted octanol–water partition coefficient (Wildman–Crippen LogP) is 3.82. The van der Waals surface area contributed by atoms with Gasteiger partial charge in [0.15, 0.2) is 0 Å². The Bertz CT molecular complexity index is 434. The molecular formula is C14H18BrClN2. The van der Waals surface area contributed by atoms with Crippen molar-refractivity contribution in [3.05, 3.63) is 27.7 Å². The van der Waals surface area contributed by atoms with Gasteiger partial charge in [-0.1, -0.05) is 11.6 Å². The van der Waals surface area contributed by atoms with E-state index < -0.39 is 0 Å². The minimum Gasteiger partial charge on any atom is -0.370 e. The van der Waals surface area contributed by atoms with Gasteiger partial charge in [0.2, 0.25) is 0 Å². The molecule has 1 heterocycles. The Balaban J connectivity index is 1.68. The zero-order valence-corrected chi connectivity index (χ0v) is 12.7. The molecule has 2 nitrogen and oxygen atoms in total. The summed E-state index contributed by atoms with van der Waals surface area (Å²) in [7, 11) is 0. The number of rotatable bonds is 3. The Morgan fingerprint density at radius 3 is 2.78 bits per heavy atom. The Kier molecular flexibility index (Phi) is 3.83. The minimum atomic E-state index is 0.647. The number of benzene rings is 1. The van der Waals surface area contributed by atoms with Crippen LogP contribution < -0.4 is 10.2 Å². The van der Waals surface area contributed by atoms with Crippen LogP contribution in [0.2, 0.25) is 5.02 Å². The summed E-state index contributed by atoms with van der Waals surface area (Å²) in [5, 5.41) is 4.53. The van der Waals surface area contributed by atoms with Crippen LogP contribution in [0.1, 0.15) is 25.7 Å². The van der Waals surface area contributed by atoms with Gasteiger partial charge in [-0.2, -0.15) is 0 Å². The van der Waals surface area contributed by atoms with Gasteiger partial charge in [-0.25, -0.2) is 0 Å². The standard InChI is InChI=1S/C14H18BrClN2/c15-13-6-5-12(8-14(13)16)18-7-1-2-11(9-18)17-10-3-4-10/h5-6,8,10-11,17H,1-4,7,9H2. The normalized spacial score (nSPS) is 24.3. The van der Waals surface area contributed by atoms with Crippen LogP contribution in [0, 0.1) is 0 Å². The van der Waals surface area contributed by atoms with Crippen molar-refractivity contribution >= 4 is 33.2 Å². The Hall–Kier alpha value is -0.250. The van der Waals surface area contributed by atoms with Crippen molar-refractivity contribution in [2.24, 2.45) is 0 Å². The van der Waals surface area contributed by atoms with Gasteiger partial charge in [-0.15, -0.1) is 0 Å². The van der Waals surface area contributed by atoms with E-state index in [-0.39, 0.29) is 0 Å². The maximum Gasteiger partial charge on any atom is 0.0568 e. The van der Waals surface area contributed by atoms with Crippen LogP contribution in [0.15, 0.2) is 22.7 Å². The molecular weight excluding hydrogens is 312 g/mol. The molecule has 0 aromatic heterocycles. The second kappa shape index (κ2) is 5.40. The lowest BCUT2D eigenvalue weighted by Gasteiger charge is -2.35. The fraction of sp³-hybridized carbons (Fsp3) is 0.571. The third-order valence-corrected chi connectivity index (χ3v) is 4.97. The maximum atomic E-state index is 6.17. The first kappa shape index (κ1) is 12.8. The quantitative estimate of drug-likeness (QED) is 0.907. The van der Waals surface area contributed by atoms with Crippen LogP contribution in [0.4, 0.5) is 5.69 Å². The fourth-order valence-electron chi connectivity index (χ4n) is 2.61. The van der Waals surface area contributed by atoms with Crippen molar-refractivity contribution in [1.82, 2.24) is 5.32 Å². The van der Waals surface area contributed by atoms with Gasteiger partial charge >= 0.3 is 0 Å². The molecule has 1 atom stereocenters. The van der Waals surface area contributed by atoms with Gasteiger partial charge in [0, 0.05) is 35.3 Å². The summed E-state index contributed by atoms with van der Waals surface area (Å²) in [6, 6.07) is 7.69. The van der Waals surface area contributed by atoms with E-state index in [2.05, 4.69) is 38.3 Å². The average molecular weight is 330 g/mol. The smallest absolute Gasteiger partial charge is 0.0568 e. The number of nitrogens with zero attached hydrogens (tertiary/aromatic N) is 1. The van der Waals surface area contributed by atoms with Crippen molar-refractivity contribution in [3.63, 3.8) is 0 Å². The van der Waals surface area contributed by atoms with E-state index in [1.54, 1.807) is 0 Å². The first-order valence-electron chi connectivity index (χ1n) is 6.68. The van der Waals surface area contributed by atoms with Gasteiger partial charge in [-0.05, 0) is 59.8 Å². The number of piperidine rings is 1. The average Bonchev–Trinajstić information content (AvgIpc) is 3.17. The van der Waals surface area contributed by atoms with Crippen molar-refractivity contribution in [2.45, 2.75) is 37.8 Å². The van der Waals surface area contributed by atoms with E-state index in [9.17, 15) is 0 Å². The Morgan fingerprint density at radius 1 is 1.22 bits per heavy atom. The summed E-state index contributed by atoms with van der Waals surface area (Å²) in [5.41, 5.74) is 1.24. The van der Waals surface area contributed by atoms with Crippen LogP contribution in [0.5, 0.6) is 0 Å². The van der Waals surface area contributed by atoms with E-state index >= 15 is 0 Å². The molecule has 1 N–H and O–H groups in total. The molecule has 18 heavy (non-hydrogen) atoms. The fourth-order valence-corrected chi connectivity index (χ4v) is 3.03. The molecule has 2 fully saturated rings. The van der Waals surface area contributed by atoms with Crippen molar-refractivity contribution in [2.75, 3.05) is 18.0 Å². The molecule has 4 heteroatoms. The highest BCUT2D eigenvalue weighted by Gasteiger charge is 2.27. The molecule has 98 valence electrons. The molecule has 0 radical (unpaired) electrons. The second-order valence-electron chi connectivity index (χ2n) is 5.32. The van der Waals surface area contributed by atoms with E-state index in [0.717, 1.165) is 28.6 Å². The summed E-state index contributed by atoms with van der Waals surface area (Å²) < 4.78 is 0.970. The van der Waals surface area contributed by atoms with Gasteiger partial charge in [0.25, 0.3) is 0 Å². The Morgan fingerprint density at radius 2 is 2.06 bits per heavy atom. The van der Waals surface area contributed by atoms with Crippen LogP contribution in [-0.4, -0.2) is 25.2 Å². The first-order chi connectivity index (χ1) is 8.72. The zero-order chi connectivity index (χ0) is 12.5. The van der Waals surface area contributed by atoms with E-state index in [0.29, 0.717) is 6.04 Å². The highest BCUT2D eigenvalue weighted by atomic mass is 79.9. The third kappa shape index (κ3) is 3.01. The number of nitrogens with one attached hydrogen (secondary N) is 1. The topological polar surface area (TPSA) is 15.3 Å². The minimum absolute atomic E-state index is 0.647. The van der Waals surface area contributed by atoms with Crippen LogP contribution >= 0.6 is 27.5 Å². The molecule has 3 rings (SSSR count). The SMILES string of the molecule is Clc1cc(N2CCCC(NC3CC3)C2)ccc1Br.